The molecule has 0 aliphatic carbocycles. The molecule has 0 radical (unpaired) electrons. The second-order valence-electron chi connectivity index (χ2n) is 3.19. The maximum absolute atomic E-state index is 5.70. The average molecular weight is 224 g/mol. The standard InChI is InChI=1S/C8H16OS3/c1-3-12(4-2-10-1)7-9-5-8-6-11-8/h8,12H,1-7H2. The van der Waals surface area contributed by atoms with Gasteiger partial charge < -0.3 is 4.74 Å². The number of rotatable bonds is 4. The Balaban J connectivity index is 1.52. The van der Waals surface area contributed by atoms with Crippen LogP contribution in [-0.4, -0.2) is 46.6 Å². The van der Waals surface area contributed by atoms with Crippen LogP contribution >= 0.6 is 34.4 Å². The van der Waals surface area contributed by atoms with Crippen molar-refractivity contribution in [2.75, 3.05) is 41.3 Å². The van der Waals surface area contributed by atoms with Crippen LogP contribution in [0.3, 0.4) is 0 Å². The van der Waals surface area contributed by atoms with Crippen molar-refractivity contribution in [2.24, 2.45) is 0 Å². The van der Waals surface area contributed by atoms with Gasteiger partial charge in [0.15, 0.2) is 0 Å². The van der Waals surface area contributed by atoms with Gasteiger partial charge in [-0.15, -0.1) is 0 Å². The Hall–Kier alpha value is 1.01. The molecule has 2 aliphatic rings. The molecule has 1 unspecified atom stereocenters. The fourth-order valence-corrected chi connectivity index (χ4v) is 5.78. The molecule has 2 heterocycles. The number of thioether (sulfide) groups is 2. The first-order valence-electron chi connectivity index (χ1n) is 4.44. The molecule has 1 nitrogen and oxygen atoms in total. The van der Waals surface area contributed by atoms with Crippen LogP contribution in [0.25, 0.3) is 0 Å². The third-order valence-electron chi connectivity index (χ3n) is 2.08. The molecular weight excluding hydrogens is 208 g/mol. The van der Waals surface area contributed by atoms with Gasteiger partial charge in [-0.05, 0) is 11.5 Å². The van der Waals surface area contributed by atoms with Crippen LogP contribution in [0.15, 0.2) is 0 Å². The van der Waals surface area contributed by atoms with Gasteiger partial charge in [-0.1, -0.05) is 0 Å². The highest BCUT2D eigenvalue weighted by Gasteiger charge is 2.22. The van der Waals surface area contributed by atoms with Crippen molar-refractivity contribution in [1.82, 2.24) is 0 Å². The maximum atomic E-state index is 5.70. The Kier molecular flexibility index (Phi) is 4.01. The zero-order valence-corrected chi connectivity index (χ0v) is 9.73. The highest BCUT2D eigenvalue weighted by atomic mass is 32.2. The van der Waals surface area contributed by atoms with Crippen molar-refractivity contribution in [3.63, 3.8) is 0 Å². The fraction of sp³-hybridized carbons (Fsp3) is 1.00. The summed E-state index contributed by atoms with van der Waals surface area (Å²) in [4.78, 5) is 0. The molecular formula is C8H16OS3. The van der Waals surface area contributed by atoms with E-state index in [9.17, 15) is 0 Å². The smallest absolute Gasteiger partial charge is 0.0748 e. The lowest BCUT2D eigenvalue weighted by Crippen LogP contribution is -2.12. The van der Waals surface area contributed by atoms with Crippen LogP contribution < -0.4 is 0 Å². The van der Waals surface area contributed by atoms with E-state index in [2.05, 4.69) is 11.8 Å². The molecule has 0 aromatic heterocycles. The summed E-state index contributed by atoms with van der Waals surface area (Å²) in [5, 5.41) is 0.860. The minimum Gasteiger partial charge on any atom is -0.371 e. The molecule has 1 atom stereocenters. The summed E-state index contributed by atoms with van der Waals surface area (Å²) in [6.07, 6.45) is 0. The van der Waals surface area contributed by atoms with Crippen molar-refractivity contribution in [2.45, 2.75) is 5.25 Å². The van der Waals surface area contributed by atoms with E-state index in [-0.39, 0.29) is 10.9 Å². The van der Waals surface area contributed by atoms with E-state index in [1.165, 1.54) is 28.8 Å². The van der Waals surface area contributed by atoms with Gasteiger partial charge in [0.1, 0.15) is 0 Å². The van der Waals surface area contributed by atoms with E-state index in [0.29, 0.717) is 0 Å². The monoisotopic (exact) mass is 224 g/mol. The molecule has 4 heteroatoms. The summed E-state index contributed by atoms with van der Waals surface area (Å²) in [6.45, 7) is 1.02. The topological polar surface area (TPSA) is 9.23 Å². The highest BCUT2D eigenvalue weighted by Crippen LogP contribution is 2.34. The van der Waals surface area contributed by atoms with E-state index in [1.54, 1.807) is 0 Å². The molecule has 0 saturated carbocycles. The first kappa shape index (κ1) is 9.56. The second-order valence-corrected chi connectivity index (χ2v) is 8.24. The Morgan fingerprint density at radius 2 is 2.08 bits per heavy atom. The van der Waals surface area contributed by atoms with Crippen LogP contribution in [0.5, 0.6) is 0 Å². The van der Waals surface area contributed by atoms with Crippen LogP contribution in [0, 0.1) is 0 Å². The Morgan fingerprint density at radius 1 is 1.33 bits per heavy atom. The predicted molar refractivity (Wildman–Crippen MR) is 63.1 cm³/mol. The molecule has 2 aliphatic heterocycles. The summed E-state index contributed by atoms with van der Waals surface area (Å²) in [7, 11) is 0.273. The van der Waals surface area contributed by atoms with E-state index in [0.717, 1.165) is 17.8 Å². The van der Waals surface area contributed by atoms with Gasteiger partial charge in [-0.25, -0.2) is 10.9 Å². The van der Waals surface area contributed by atoms with Crippen LogP contribution in [0.2, 0.25) is 0 Å². The van der Waals surface area contributed by atoms with Gasteiger partial charge >= 0.3 is 0 Å². The molecule has 72 valence electrons. The zero-order valence-electron chi connectivity index (χ0n) is 7.20. The lowest BCUT2D eigenvalue weighted by molar-refractivity contribution is 0.191. The molecule has 12 heavy (non-hydrogen) atoms. The molecule has 0 aromatic carbocycles. The molecule has 2 saturated heterocycles. The van der Waals surface area contributed by atoms with Crippen molar-refractivity contribution < 1.29 is 4.74 Å². The van der Waals surface area contributed by atoms with Gasteiger partial charge in [0.25, 0.3) is 0 Å². The van der Waals surface area contributed by atoms with Crippen molar-refractivity contribution in [3.05, 3.63) is 0 Å². The Bertz CT molecular complexity index is 132. The largest absolute Gasteiger partial charge is 0.371 e. The molecule has 0 aromatic rings. The van der Waals surface area contributed by atoms with E-state index >= 15 is 0 Å². The number of hydrogen-bond donors (Lipinski definition) is 1. The second kappa shape index (κ2) is 5.03. The van der Waals surface area contributed by atoms with Crippen molar-refractivity contribution in [3.8, 4) is 0 Å². The van der Waals surface area contributed by atoms with Gasteiger partial charge in [0, 0.05) is 22.5 Å². The molecule has 0 spiro atoms. The SMILES string of the molecule is C1C[SH](COCC2CS2)CCS1. The van der Waals surface area contributed by atoms with Crippen molar-refractivity contribution >= 4 is 34.4 Å². The fourth-order valence-electron chi connectivity index (χ4n) is 1.21. The highest BCUT2D eigenvalue weighted by molar-refractivity contribution is 8.19. The van der Waals surface area contributed by atoms with Gasteiger partial charge in [0.05, 0.1) is 12.5 Å². The summed E-state index contributed by atoms with van der Waals surface area (Å²) in [6, 6.07) is 0. The third kappa shape index (κ3) is 3.40. The third-order valence-corrected chi connectivity index (χ3v) is 6.88. The normalized spacial score (nSPS) is 32.0. The summed E-state index contributed by atoms with van der Waals surface area (Å²) in [5.41, 5.74) is 0. The lowest BCUT2D eigenvalue weighted by atomic mass is 10.5. The van der Waals surface area contributed by atoms with E-state index < -0.39 is 0 Å². The van der Waals surface area contributed by atoms with E-state index in [1.807, 2.05) is 11.8 Å². The van der Waals surface area contributed by atoms with Crippen LogP contribution in [-0.2, 0) is 4.74 Å². The summed E-state index contributed by atoms with van der Waals surface area (Å²) >= 11 is 4.14. The lowest BCUT2D eigenvalue weighted by Gasteiger charge is -2.25. The first-order chi connectivity index (χ1) is 5.95. The molecule has 0 N–H and O–H groups in total. The van der Waals surface area contributed by atoms with Gasteiger partial charge in [-0.3, -0.25) is 0 Å². The predicted octanol–water partition coefficient (Wildman–Crippen LogP) is 1.82. The number of ether oxygens (including phenoxy) is 1. The Morgan fingerprint density at radius 3 is 2.75 bits per heavy atom. The quantitative estimate of drug-likeness (QED) is 0.577. The molecule has 0 bridgehead atoms. The van der Waals surface area contributed by atoms with E-state index in [4.69, 9.17) is 4.74 Å². The number of thiol groups is 1. The molecule has 2 fully saturated rings. The van der Waals surface area contributed by atoms with Crippen LogP contribution in [0.4, 0.5) is 0 Å². The first-order valence-corrected chi connectivity index (χ1v) is 8.55. The van der Waals surface area contributed by atoms with Crippen LogP contribution in [0.1, 0.15) is 0 Å². The minimum absolute atomic E-state index is 0.273. The number of hydrogen-bond acceptors (Lipinski definition) is 3. The van der Waals surface area contributed by atoms with Crippen molar-refractivity contribution in [1.29, 1.82) is 0 Å². The molecule has 2 rings (SSSR count). The zero-order chi connectivity index (χ0) is 8.23. The average Bonchev–Trinajstić information content (AvgIpc) is 2.90. The summed E-state index contributed by atoms with van der Waals surface area (Å²) in [5.74, 6) is 8.08. The maximum Gasteiger partial charge on any atom is 0.0748 e. The Labute approximate surface area is 85.7 Å². The van der Waals surface area contributed by atoms with Gasteiger partial charge in [0.2, 0.25) is 0 Å². The summed E-state index contributed by atoms with van der Waals surface area (Å²) < 4.78 is 5.70. The van der Waals surface area contributed by atoms with Gasteiger partial charge in [-0.2, -0.15) is 23.5 Å². The minimum atomic E-state index is 0.273. The molecule has 0 amide bonds.